The molecule has 0 atom stereocenters. The summed E-state index contributed by atoms with van der Waals surface area (Å²) in [5, 5.41) is 6.47. The Kier molecular flexibility index (Phi) is 12.4. The summed E-state index contributed by atoms with van der Waals surface area (Å²) in [6.45, 7) is 17.3. The van der Waals surface area contributed by atoms with E-state index in [0.717, 1.165) is 51.5 Å². The van der Waals surface area contributed by atoms with Gasteiger partial charge >= 0.3 is 0 Å². The molecule has 0 spiro atoms. The van der Waals surface area contributed by atoms with Crippen molar-refractivity contribution in [1.82, 2.24) is 10.6 Å². The summed E-state index contributed by atoms with van der Waals surface area (Å²) in [6, 6.07) is 0.446. The molecule has 4 heteroatoms. The van der Waals surface area contributed by atoms with Crippen LogP contribution in [0.15, 0.2) is 0 Å². The lowest BCUT2D eigenvalue weighted by molar-refractivity contribution is -0.135. The Hall–Kier alpha value is -0.610. The number of hydrogen-bond acceptors (Lipinski definition) is 3. The van der Waals surface area contributed by atoms with Gasteiger partial charge in [-0.25, -0.2) is 0 Å². The van der Waals surface area contributed by atoms with Gasteiger partial charge in [-0.1, -0.05) is 54.9 Å². The highest BCUT2D eigenvalue weighted by Gasteiger charge is 2.35. The Morgan fingerprint density at radius 3 is 1.96 bits per heavy atom. The van der Waals surface area contributed by atoms with Gasteiger partial charge in [-0.05, 0) is 38.5 Å². The van der Waals surface area contributed by atoms with Crippen molar-refractivity contribution in [2.24, 2.45) is 5.41 Å². The molecule has 0 aromatic heterocycles. The van der Waals surface area contributed by atoms with E-state index in [2.05, 4.69) is 59.1 Å². The van der Waals surface area contributed by atoms with Gasteiger partial charge in [0.25, 0.3) is 0 Å². The van der Waals surface area contributed by atoms with Crippen molar-refractivity contribution < 1.29 is 9.53 Å². The van der Waals surface area contributed by atoms with Crippen LogP contribution in [0.1, 0.15) is 93.4 Å². The van der Waals surface area contributed by atoms with Gasteiger partial charge in [0, 0.05) is 25.7 Å². The molecule has 0 aliphatic rings. The quantitative estimate of drug-likeness (QED) is 0.419. The van der Waals surface area contributed by atoms with Gasteiger partial charge in [-0.3, -0.25) is 4.79 Å². The number of ether oxygens (including phenoxy) is 1. The molecular formula is C21H44N2O2. The predicted molar refractivity (Wildman–Crippen MR) is 108 cm³/mol. The van der Waals surface area contributed by atoms with Crippen molar-refractivity contribution >= 4 is 5.91 Å². The van der Waals surface area contributed by atoms with E-state index in [9.17, 15) is 4.79 Å². The normalized spacial score (nSPS) is 12.6. The predicted octanol–water partition coefficient (Wildman–Crippen LogP) is 4.67. The fraction of sp³-hybridized carbons (Fsp3) is 0.952. The molecule has 1 amide bonds. The van der Waals surface area contributed by atoms with Crippen molar-refractivity contribution in [3.63, 3.8) is 0 Å². The first kappa shape index (κ1) is 24.4. The van der Waals surface area contributed by atoms with Gasteiger partial charge in [0.05, 0.1) is 11.0 Å². The second-order valence-electron chi connectivity index (χ2n) is 7.59. The maximum Gasteiger partial charge on any atom is 0.226 e. The lowest BCUT2D eigenvalue weighted by Crippen LogP contribution is -2.44. The Bertz CT molecular complexity index is 348. The van der Waals surface area contributed by atoms with Crippen LogP contribution in [0.5, 0.6) is 0 Å². The first-order valence-corrected chi connectivity index (χ1v) is 10.5. The van der Waals surface area contributed by atoms with Gasteiger partial charge < -0.3 is 15.4 Å². The van der Waals surface area contributed by atoms with E-state index < -0.39 is 0 Å². The molecule has 0 bridgehead atoms. The van der Waals surface area contributed by atoms with Crippen molar-refractivity contribution in [1.29, 1.82) is 0 Å². The minimum atomic E-state index is -0.308. The van der Waals surface area contributed by atoms with Crippen LogP contribution in [0.2, 0.25) is 0 Å². The molecule has 25 heavy (non-hydrogen) atoms. The third kappa shape index (κ3) is 8.08. The molecule has 0 unspecified atom stereocenters. The number of nitrogens with one attached hydrogen (secondary N) is 2. The zero-order valence-electron chi connectivity index (χ0n) is 18.0. The average Bonchev–Trinajstić information content (AvgIpc) is 2.61. The summed E-state index contributed by atoms with van der Waals surface area (Å²) >= 11 is 0. The molecule has 0 aromatic carbocycles. The topological polar surface area (TPSA) is 50.4 Å². The minimum Gasteiger partial charge on any atom is -0.375 e. The zero-order chi connectivity index (χ0) is 19.3. The summed E-state index contributed by atoms with van der Waals surface area (Å²) in [5.74, 6) is 0.181. The van der Waals surface area contributed by atoms with Gasteiger partial charge in [0.1, 0.15) is 0 Å². The lowest BCUT2D eigenvalue weighted by atomic mass is 9.78. The van der Waals surface area contributed by atoms with E-state index in [1.165, 1.54) is 0 Å². The molecule has 0 aliphatic carbocycles. The second kappa shape index (κ2) is 12.7. The van der Waals surface area contributed by atoms with Crippen LogP contribution in [0, 0.1) is 5.41 Å². The molecule has 4 nitrogen and oxygen atoms in total. The van der Waals surface area contributed by atoms with Crippen molar-refractivity contribution in [3.05, 3.63) is 0 Å². The molecule has 0 radical (unpaired) electrons. The molecule has 0 saturated heterocycles. The maximum atomic E-state index is 12.8. The van der Waals surface area contributed by atoms with Crippen LogP contribution in [0.3, 0.4) is 0 Å². The van der Waals surface area contributed by atoms with Gasteiger partial charge in [-0.2, -0.15) is 0 Å². The van der Waals surface area contributed by atoms with E-state index in [1.54, 1.807) is 0 Å². The number of carbonyl (C=O) groups excluding carboxylic acids is 1. The SMILES string of the molecule is CCCC(CC)(CC)OCCC(CC)(CC)C(=O)NCCNC(C)C. The largest absolute Gasteiger partial charge is 0.375 e. The smallest absolute Gasteiger partial charge is 0.226 e. The first-order chi connectivity index (χ1) is 11.8. The number of carbonyl (C=O) groups is 1. The fourth-order valence-electron chi connectivity index (χ4n) is 3.56. The Labute approximate surface area is 156 Å². The summed E-state index contributed by atoms with van der Waals surface area (Å²) in [5.41, 5.74) is -0.323. The second-order valence-corrected chi connectivity index (χ2v) is 7.59. The molecule has 2 N–H and O–H groups in total. The van der Waals surface area contributed by atoms with E-state index in [0.29, 0.717) is 19.2 Å². The maximum absolute atomic E-state index is 12.8. The van der Waals surface area contributed by atoms with Crippen LogP contribution in [0.4, 0.5) is 0 Å². The molecule has 0 fully saturated rings. The molecule has 150 valence electrons. The lowest BCUT2D eigenvalue weighted by Gasteiger charge is -2.35. The van der Waals surface area contributed by atoms with E-state index in [1.807, 2.05) is 0 Å². The third-order valence-electron chi connectivity index (χ3n) is 5.78. The van der Waals surface area contributed by atoms with Crippen molar-refractivity contribution in [2.45, 2.75) is 105 Å². The number of amides is 1. The van der Waals surface area contributed by atoms with Crippen LogP contribution in [-0.2, 0) is 9.53 Å². The van der Waals surface area contributed by atoms with Crippen molar-refractivity contribution in [2.75, 3.05) is 19.7 Å². The molecule has 0 rings (SSSR count). The highest BCUT2D eigenvalue weighted by molar-refractivity contribution is 5.82. The van der Waals surface area contributed by atoms with E-state index in [-0.39, 0.29) is 16.9 Å². The summed E-state index contributed by atoms with van der Waals surface area (Å²) in [4.78, 5) is 12.8. The molecule has 0 aromatic rings. The molecular weight excluding hydrogens is 312 g/mol. The highest BCUT2D eigenvalue weighted by Crippen LogP contribution is 2.33. The monoisotopic (exact) mass is 356 g/mol. The van der Waals surface area contributed by atoms with Gasteiger partial charge in [0.2, 0.25) is 5.91 Å². The minimum absolute atomic E-state index is 0.0143. The van der Waals surface area contributed by atoms with Crippen LogP contribution in [-0.4, -0.2) is 37.2 Å². The van der Waals surface area contributed by atoms with Gasteiger partial charge in [-0.15, -0.1) is 0 Å². The Balaban J connectivity index is 4.67. The summed E-state index contributed by atoms with van der Waals surface area (Å²) < 4.78 is 6.34. The molecule has 0 aliphatic heterocycles. The number of rotatable bonds is 15. The summed E-state index contributed by atoms with van der Waals surface area (Å²) in [6.07, 6.45) is 6.82. The molecule has 0 heterocycles. The Morgan fingerprint density at radius 1 is 0.920 bits per heavy atom. The van der Waals surface area contributed by atoms with Crippen LogP contribution >= 0.6 is 0 Å². The van der Waals surface area contributed by atoms with Crippen molar-refractivity contribution in [3.8, 4) is 0 Å². The van der Waals surface area contributed by atoms with E-state index >= 15 is 0 Å². The zero-order valence-corrected chi connectivity index (χ0v) is 18.0. The highest BCUT2D eigenvalue weighted by atomic mass is 16.5. The van der Waals surface area contributed by atoms with Crippen LogP contribution < -0.4 is 10.6 Å². The first-order valence-electron chi connectivity index (χ1n) is 10.5. The Morgan fingerprint density at radius 2 is 1.52 bits per heavy atom. The standard InChI is InChI=1S/C21H44N2O2/c1-8-13-21(11-4,12-5)25-17-14-20(9-2,10-3)19(24)23-16-15-22-18(6)7/h18,22H,8-17H2,1-7H3,(H,23,24). The average molecular weight is 357 g/mol. The molecule has 0 saturated carbocycles. The van der Waals surface area contributed by atoms with E-state index in [4.69, 9.17) is 4.74 Å². The number of hydrogen-bond donors (Lipinski definition) is 2. The van der Waals surface area contributed by atoms with Gasteiger partial charge in [0.15, 0.2) is 0 Å². The summed E-state index contributed by atoms with van der Waals surface area (Å²) in [7, 11) is 0. The fourth-order valence-corrected chi connectivity index (χ4v) is 3.56. The third-order valence-corrected chi connectivity index (χ3v) is 5.78. The van der Waals surface area contributed by atoms with Crippen LogP contribution in [0.25, 0.3) is 0 Å².